The molecule has 0 saturated heterocycles. The Morgan fingerprint density at radius 3 is 2.72 bits per heavy atom. The zero-order valence-corrected chi connectivity index (χ0v) is 17.8. The molecule has 4 aromatic heterocycles. The number of aromatic nitrogens is 5. The third-order valence-electron chi connectivity index (χ3n) is 4.83. The van der Waals surface area contributed by atoms with Crippen molar-refractivity contribution in [3.63, 3.8) is 0 Å². The third-order valence-corrected chi connectivity index (χ3v) is 6.72. The monoisotopic (exact) mass is 420 g/mol. The Bertz CT molecular complexity index is 1260. The molecule has 5 aromatic rings. The Hall–Kier alpha value is -2.97. The number of rotatable bonds is 6. The molecule has 0 bridgehead atoms. The Balaban J connectivity index is 1.33. The molecule has 4 heterocycles. The van der Waals surface area contributed by atoms with Crippen LogP contribution >= 0.6 is 22.7 Å². The minimum absolute atomic E-state index is 0.693. The van der Waals surface area contributed by atoms with E-state index < -0.39 is 0 Å². The van der Waals surface area contributed by atoms with Crippen molar-refractivity contribution < 1.29 is 0 Å². The predicted molar refractivity (Wildman–Crippen MR) is 119 cm³/mol. The van der Waals surface area contributed by atoms with Crippen molar-refractivity contribution in [3.05, 3.63) is 76.8 Å². The number of nitrogens with one attached hydrogen (secondary N) is 1. The maximum atomic E-state index is 4.75. The minimum atomic E-state index is 0.693. The number of fused-ring (bicyclic) bond motifs is 1. The largest absolute Gasteiger partial charge is 0.356 e. The molecular weight excluding hydrogens is 400 g/mol. The van der Waals surface area contributed by atoms with Crippen LogP contribution < -0.4 is 5.32 Å². The minimum Gasteiger partial charge on any atom is -0.356 e. The first-order valence-corrected chi connectivity index (χ1v) is 11.1. The van der Waals surface area contributed by atoms with Gasteiger partial charge in [-0.25, -0.2) is 9.97 Å². The van der Waals surface area contributed by atoms with Gasteiger partial charge >= 0.3 is 0 Å². The van der Waals surface area contributed by atoms with Crippen LogP contribution in [0.25, 0.3) is 15.5 Å². The normalized spacial score (nSPS) is 11.4. The molecule has 5 rings (SSSR count). The van der Waals surface area contributed by atoms with E-state index in [-0.39, 0.29) is 0 Å². The summed E-state index contributed by atoms with van der Waals surface area (Å²) in [4.78, 5) is 11.4. The highest BCUT2D eigenvalue weighted by molar-refractivity contribution is 7.19. The van der Waals surface area contributed by atoms with E-state index >= 15 is 0 Å². The van der Waals surface area contributed by atoms with Gasteiger partial charge in [0.2, 0.25) is 0 Å². The summed E-state index contributed by atoms with van der Waals surface area (Å²) in [6.07, 6.45) is 4.09. The summed E-state index contributed by atoms with van der Waals surface area (Å²) in [7, 11) is 0. The summed E-state index contributed by atoms with van der Waals surface area (Å²) in [5.74, 6) is 0. The number of hydrogen-bond donors (Lipinski definition) is 1. The van der Waals surface area contributed by atoms with Crippen LogP contribution in [0.4, 0.5) is 5.13 Å². The quantitative estimate of drug-likeness (QED) is 0.420. The van der Waals surface area contributed by atoms with Gasteiger partial charge in [0.1, 0.15) is 5.69 Å². The Morgan fingerprint density at radius 2 is 1.86 bits per heavy atom. The van der Waals surface area contributed by atoms with Gasteiger partial charge in [0, 0.05) is 17.8 Å². The maximum absolute atomic E-state index is 4.75. The molecule has 0 amide bonds. The summed E-state index contributed by atoms with van der Waals surface area (Å²) in [5.41, 5.74) is 5.42. The van der Waals surface area contributed by atoms with Crippen molar-refractivity contribution >= 4 is 32.8 Å². The number of thiazole rings is 2. The summed E-state index contributed by atoms with van der Waals surface area (Å²) in [6, 6.07) is 12.4. The van der Waals surface area contributed by atoms with Crippen molar-refractivity contribution in [3.8, 4) is 10.6 Å². The van der Waals surface area contributed by atoms with Crippen molar-refractivity contribution in [1.82, 2.24) is 24.1 Å². The molecule has 0 fully saturated rings. The van der Waals surface area contributed by atoms with E-state index in [1.807, 2.05) is 23.9 Å². The predicted octanol–water partition coefficient (Wildman–Crippen LogP) is 4.99. The first-order chi connectivity index (χ1) is 14.2. The molecule has 0 saturated carbocycles. The highest BCUT2D eigenvalue weighted by atomic mass is 32.1. The van der Waals surface area contributed by atoms with Crippen LogP contribution in [0.1, 0.15) is 22.6 Å². The van der Waals surface area contributed by atoms with Crippen LogP contribution in [0.15, 0.2) is 54.2 Å². The zero-order valence-electron chi connectivity index (χ0n) is 16.2. The van der Waals surface area contributed by atoms with Gasteiger partial charge in [-0.05, 0) is 25.5 Å². The molecule has 1 aromatic carbocycles. The van der Waals surface area contributed by atoms with Gasteiger partial charge in [-0.15, -0.1) is 11.3 Å². The second-order valence-electron chi connectivity index (χ2n) is 6.87. The smallest absolute Gasteiger partial charge is 0.194 e. The van der Waals surface area contributed by atoms with E-state index in [0.29, 0.717) is 6.54 Å². The molecule has 0 aliphatic rings. The SMILES string of the molecule is Cc1nc(NCc2c(C)nc3sccn23)sc1-c1ccn(Cc2ccccc2)n1. The molecule has 0 unspecified atom stereocenters. The average molecular weight is 421 g/mol. The van der Waals surface area contributed by atoms with Crippen molar-refractivity contribution in [2.45, 2.75) is 26.9 Å². The number of imidazole rings is 1. The maximum Gasteiger partial charge on any atom is 0.194 e. The molecule has 0 aliphatic heterocycles. The molecule has 29 heavy (non-hydrogen) atoms. The fraction of sp³-hybridized carbons (Fsp3) is 0.190. The lowest BCUT2D eigenvalue weighted by molar-refractivity contribution is 0.689. The van der Waals surface area contributed by atoms with Gasteiger partial charge in [0.05, 0.1) is 35.0 Å². The summed E-state index contributed by atoms with van der Waals surface area (Å²) < 4.78 is 4.11. The molecule has 0 aliphatic carbocycles. The Labute approximate surface area is 176 Å². The number of benzene rings is 1. The molecule has 0 atom stereocenters. The first-order valence-electron chi connectivity index (χ1n) is 9.37. The van der Waals surface area contributed by atoms with E-state index in [4.69, 9.17) is 10.1 Å². The van der Waals surface area contributed by atoms with Crippen molar-refractivity contribution in [2.75, 3.05) is 5.32 Å². The molecular formula is C21H20N6S2. The molecule has 0 spiro atoms. The Morgan fingerprint density at radius 1 is 1.00 bits per heavy atom. The molecule has 8 heteroatoms. The lowest BCUT2D eigenvalue weighted by atomic mass is 10.2. The van der Waals surface area contributed by atoms with Crippen LogP contribution in [-0.2, 0) is 13.1 Å². The van der Waals surface area contributed by atoms with Gasteiger partial charge in [0.25, 0.3) is 0 Å². The van der Waals surface area contributed by atoms with Gasteiger partial charge in [0.15, 0.2) is 10.1 Å². The van der Waals surface area contributed by atoms with Crippen LogP contribution in [0.5, 0.6) is 0 Å². The van der Waals surface area contributed by atoms with Crippen LogP contribution in [-0.4, -0.2) is 24.1 Å². The molecule has 1 N–H and O–H groups in total. The van der Waals surface area contributed by atoms with Gasteiger partial charge in [-0.2, -0.15) is 5.10 Å². The number of nitrogens with zero attached hydrogens (tertiary/aromatic N) is 5. The third kappa shape index (κ3) is 3.56. The second-order valence-corrected chi connectivity index (χ2v) is 8.74. The average Bonchev–Trinajstić information content (AvgIpc) is 3.47. The van der Waals surface area contributed by atoms with E-state index in [1.54, 1.807) is 22.7 Å². The van der Waals surface area contributed by atoms with Crippen LogP contribution in [0, 0.1) is 13.8 Å². The molecule has 0 radical (unpaired) electrons. The summed E-state index contributed by atoms with van der Waals surface area (Å²) >= 11 is 3.29. The van der Waals surface area contributed by atoms with Gasteiger partial charge in [-0.1, -0.05) is 41.7 Å². The zero-order chi connectivity index (χ0) is 19.8. The van der Waals surface area contributed by atoms with E-state index in [0.717, 1.165) is 38.6 Å². The van der Waals surface area contributed by atoms with E-state index in [1.165, 1.54) is 11.3 Å². The molecule has 6 nitrogen and oxygen atoms in total. The van der Waals surface area contributed by atoms with Crippen molar-refractivity contribution in [1.29, 1.82) is 0 Å². The summed E-state index contributed by atoms with van der Waals surface area (Å²) in [5, 5.41) is 11.2. The van der Waals surface area contributed by atoms with Gasteiger partial charge in [-0.3, -0.25) is 9.08 Å². The molecule has 146 valence electrons. The Kier molecular flexibility index (Phi) is 4.65. The second kappa shape index (κ2) is 7.46. The standard InChI is InChI=1S/C21H20N6S2/c1-14-18(27-10-11-28-21(27)24-14)12-22-20-23-15(2)19(29-20)17-8-9-26(25-17)13-16-6-4-3-5-7-16/h3-11H,12-13H2,1-2H3,(H,22,23). The lowest BCUT2D eigenvalue weighted by Crippen LogP contribution is -2.03. The topological polar surface area (TPSA) is 60.0 Å². The van der Waals surface area contributed by atoms with Crippen molar-refractivity contribution in [2.24, 2.45) is 0 Å². The highest BCUT2D eigenvalue weighted by Gasteiger charge is 2.14. The van der Waals surface area contributed by atoms with E-state index in [9.17, 15) is 0 Å². The summed E-state index contributed by atoms with van der Waals surface area (Å²) in [6.45, 7) is 5.54. The number of anilines is 1. The van der Waals surface area contributed by atoms with E-state index in [2.05, 4.69) is 63.5 Å². The fourth-order valence-corrected chi connectivity index (χ4v) is 5.07. The first kappa shape index (κ1) is 18.1. The fourth-order valence-electron chi connectivity index (χ4n) is 3.36. The highest BCUT2D eigenvalue weighted by Crippen LogP contribution is 2.32. The lowest BCUT2D eigenvalue weighted by Gasteiger charge is -2.02. The van der Waals surface area contributed by atoms with Crippen LogP contribution in [0.3, 0.4) is 0 Å². The number of hydrogen-bond acceptors (Lipinski definition) is 6. The van der Waals surface area contributed by atoms with Gasteiger partial charge < -0.3 is 5.32 Å². The van der Waals surface area contributed by atoms with Crippen LogP contribution in [0.2, 0.25) is 0 Å². The number of aryl methyl sites for hydroxylation is 2.